The zero-order valence-electron chi connectivity index (χ0n) is 15.2. The number of benzene rings is 2. The Morgan fingerprint density at radius 2 is 1.61 bits per heavy atom. The van der Waals surface area contributed by atoms with Gasteiger partial charge in [0.05, 0.1) is 31.4 Å². The molecule has 0 radical (unpaired) electrons. The Hall–Kier alpha value is -2.71. The average Bonchev–Trinajstić information content (AvgIpc) is 3.10. The fourth-order valence-corrected chi connectivity index (χ4v) is 3.03. The van der Waals surface area contributed by atoms with Crippen LogP contribution in [0, 0.1) is 0 Å². The van der Waals surface area contributed by atoms with Crippen molar-refractivity contribution in [3.63, 3.8) is 0 Å². The van der Waals surface area contributed by atoms with Crippen LogP contribution >= 0.6 is 0 Å². The monoisotopic (exact) mass is 385 g/mol. The summed E-state index contributed by atoms with van der Waals surface area (Å²) in [4.78, 5) is 13.2. The molecule has 0 bridgehead atoms. The van der Waals surface area contributed by atoms with Crippen LogP contribution in [0.5, 0.6) is 5.75 Å². The van der Waals surface area contributed by atoms with Crippen LogP contribution in [0.15, 0.2) is 54.7 Å². The Bertz CT molecular complexity index is 951. The number of aliphatic hydroxyl groups is 4. The van der Waals surface area contributed by atoms with Crippen molar-refractivity contribution in [2.75, 3.05) is 19.8 Å². The Kier molecular flexibility index (Phi) is 6.43. The zero-order chi connectivity index (χ0) is 20.1. The molecule has 0 saturated heterocycles. The molecular weight excluding hydrogens is 362 g/mol. The minimum Gasteiger partial charge on any atom is -0.490 e. The molecule has 2 aromatic carbocycles. The van der Waals surface area contributed by atoms with Gasteiger partial charge in [-0.25, -0.2) is 0 Å². The van der Waals surface area contributed by atoms with Crippen molar-refractivity contribution in [2.45, 2.75) is 18.8 Å². The molecular formula is C21H23NO6. The van der Waals surface area contributed by atoms with Gasteiger partial charge in [0, 0.05) is 22.7 Å². The maximum absolute atomic E-state index is 13.2. The summed E-state index contributed by atoms with van der Waals surface area (Å²) in [5.74, 6) is 0.0507. The van der Waals surface area contributed by atoms with Gasteiger partial charge in [-0.2, -0.15) is 0 Å². The highest BCUT2D eigenvalue weighted by atomic mass is 16.5. The predicted octanol–water partition coefficient (Wildman–Crippen LogP) is 0.958. The first kappa shape index (κ1) is 20.0. The molecule has 0 aliphatic carbocycles. The number of carbonyl (C=O) groups excluding carboxylic acids is 1. The van der Waals surface area contributed by atoms with Crippen molar-refractivity contribution in [1.82, 2.24) is 4.57 Å². The minimum atomic E-state index is -1.04. The number of nitrogens with zero attached hydrogens (tertiary/aromatic N) is 1. The van der Waals surface area contributed by atoms with Gasteiger partial charge in [0.2, 0.25) is 0 Å². The molecule has 3 rings (SSSR count). The van der Waals surface area contributed by atoms with Crippen molar-refractivity contribution in [3.8, 4) is 5.75 Å². The third kappa shape index (κ3) is 4.23. The number of aromatic nitrogens is 1. The fourth-order valence-electron chi connectivity index (χ4n) is 3.03. The number of carbonyl (C=O) groups is 1. The summed E-state index contributed by atoms with van der Waals surface area (Å²) in [6.45, 7) is -0.785. The highest BCUT2D eigenvalue weighted by Gasteiger charge is 2.21. The Labute approximate surface area is 162 Å². The number of hydrogen-bond acceptors (Lipinski definition) is 6. The van der Waals surface area contributed by atoms with Gasteiger partial charge in [-0.1, -0.05) is 30.3 Å². The lowest BCUT2D eigenvalue weighted by atomic mass is 10.0. The number of fused-ring (bicyclic) bond motifs is 1. The van der Waals surface area contributed by atoms with Gasteiger partial charge in [-0.3, -0.25) is 4.79 Å². The van der Waals surface area contributed by atoms with E-state index >= 15 is 0 Å². The third-order valence-corrected chi connectivity index (χ3v) is 4.43. The molecule has 148 valence electrons. The van der Waals surface area contributed by atoms with E-state index in [0.717, 1.165) is 10.9 Å². The molecule has 7 heteroatoms. The number of para-hydroxylation sites is 2. The van der Waals surface area contributed by atoms with Gasteiger partial charge >= 0.3 is 0 Å². The quantitative estimate of drug-likeness (QED) is 0.408. The highest BCUT2D eigenvalue weighted by Crippen LogP contribution is 2.28. The van der Waals surface area contributed by atoms with Crippen LogP contribution < -0.4 is 4.74 Å². The number of ether oxygens (including phenoxy) is 1. The number of rotatable bonds is 9. The van der Waals surface area contributed by atoms with Gasteiger partial charge < -0.3 is 29.7 Å². The van der Waals surface area contributed by atoms with E-state index in [1.165, 1.54) is 0 Å². The molecule has 3 aromatic rings. The molecule has 0 spiro atoms. The van der Waals surface area contributed by atoms with Gasteiger partial charge in [0.25, 0.3) is 0 Å². The van der Waals surface area contributed by atoms with E-state index in [-0.39, 0.29) is 25.5 Å². The van der Waals surface area contributed by atoms with Gasteiger partial charge in [-0.05, 0) is 18.2 Å². The van der Waals surface area contributed by atoms with Crippen LogP contribution in [0.25, 0.3) is 10.9 Å². The molecule has 1 heterocycles. The summed E-state index contributed by atoms with van der Waals surface area (Å²) >= 11 is 0. The van der Waals surface area contributed by atoms with E-state index in [1.54, 1.807) is 35.0 Å². The van der Waals surface area contributed by atoms with Crippen LogP contribution in [-0.2, 0) is 6.54 Å². The molecule has 7 nitrogen and oxygen atoms in total. The Morgan fingerprint density at radius 3 is 2.36 bits per heavy atom. The molecule has 2 atom stereocenters. The first-order valence-corrected chi connectivity index (χ1v) is 8.97. The maximum Gasteiger partial charge on any atom is 0.198 e. The molecule has 0 saturated carbocycles. The molecule has 1 aromatic heterocycles. The van der Waals surface area contributed by atoms with E-state index in [1.807, 2.05) is 24.3 Å². The predicted molar refractivity (Wildman–Crippen MR) is 103 cm³/mol. The van der Waals surface area contributed by atoms with Crippen molar-refractivity contribution in [2.24, 2.45) is 0 Å². The topological polar surface area (TPSA) is 112 Å². The van der Waals surface area contributed by atoms with Gasteiger partial charge in [0.15, 0.2) is 5.78 Å². The zero-order valence-corrected chi connectivity index (χ0v) is 15.2. The normalized spacial score (nSPS) is 13.4. The summed E-state index contributed by atoms with van der Waals surface area (Å²) in [6.07, 6.45) is -0.315. The van der Waals surface area contributed by atoms with Crippen molar-refractivity contribution >= 4 is 16.7 Å². The lowest BCUT2D eigenvalue weighted by Gasteiger charge is -2.13. The van der Waals surface area contributed by atoms with Crippen LogP contribution in [0.3, 0.4) is 0 Å². The lowest BCUT2D eigenvalue weighted by Crippen LogP contribution is -2.22. The average molecular weight is 385 g/mol. The van der Waals surface area contributed by atoms with Crippen LogP contribution in [0.4, 0.5) is 0 Å². The Balaban J connectivity index is 1.98. The second-order valence-corrected chi connectivity index (χ2v) is 6.52. The van der Waals surface area contributed by atoms with Crippen molar-refractivity contribution in [1.29, 1.82) is 0 Å². The number of ketones is 1. The van der Waals surface area contributed by atoms with Crippen LogP contribution in [-0.4, -0.2) is 62.8 Å². The summed E-state index contributed by atoms with van der Waals surface area (Å²) < 4.78 is 7.26. The molecule has 0 amide bonds. The third-order valence-electron chi connectivity index (χ3n) is 4.43. The van der Waals surface area contributed by atoms with E-state index in [9.17, 15) is 15.0 Å². The molecule has 0 aliphatic rings. The minimum absolute atomic E-state index is 0.134. The van der Waals surface area contributed by atoms with E-state index in [4.69, 9.17) is 14.9 Å². The van der Waals surface area contributed by atoms with Crippen molar-refractivity contribution < 1.29 is 30.0 Å². The van der Waals surface area contributed by atoms with E-state index in [2.05, 4.69) is 0 Å². The second-order valence-electron chi connectivity index (χ2n) is 6.52. The molecule has 2 unspecified atom stereocenters. The summed E-state index contributed by atoms with van der Waals surface area (Å²) in [5, 5.41) is 38.1. The largest absolute Gasteiger partial charge is 0.490 e. The molecule has 0 aliphatic heterocycles. The lowest BCUT2D eigenvalue weighted by molar-refractivity contribution is 0.0532. The summed E-state index contributed by atoms with van der Waals surface area (Å²) in [5.41, 5.74) is 1.55. The fraction of sp³-hybridized carbons (Fsp3) is 0.286. The van der Waals surface area contributed by atoms with Crippen LogP contribution in [0.1, 0.15) is 15.9 Å². The number of aliphatic hydroxyl groups excluding tert-OH is 4. The van der Waals surface area contributed by atoms with Gasteiger partial charge in [0.1, 0.15) is 18.5 Å². The molecule has 0 fully saturated rings. The smallest absolute Gasteiger partial charge is 0.198 e. The molecule has 28 heavy (non-hydrogen) atoms. The highest BCUT2D eigenvalue weighted by molar-refractivity contribution is 6.17. The van der Waals surface area contributed by atoms with E-state index < -0.39 is 18.8 Å². The molecule has 4 N–H and O–H groups in total. The second kappa shape index (κ2) is 8.99. The van der Waals surface area contributed by atoms with Crippen LogP contribution in [0.2, 0.25) is 0 Å². The first-order valence-electron chi connectivity index (χ1n) is 8.97. The standard InChI is InChI=1S/C21H23NO6/c23-11-14(25)9-22-10-18(16-5-1-3-7-19(16)22)21(27)17-6-2-4-8-20(17)28-13-15(26)12-24/h1-8,10,14-15,23-26H,9,11-13H2. The van der Waals surface area contributed by atoms with Crippen molar-refractivity contribution in [3.05, 3.63) is 65.9 Å². The summed E-state index contributed by atoms with van der Waals surface area (Å²) in [7, 11) is 0. The Morgan fingerprint density at radius 1 is 0.929 bits per heavy atom. The SMILES string of the molecule is O=C(c1ccccc1OCC(O)CO)c1cn(CC(O)CO)c2ccccc12. The maximum atomic E-state index is 13.2. The van der Waals surface area contributed by atoms with E-state index in [0.29, 0.717) is 16.9 Å². The first-order chi connectivity index (χ1) is 13.5. The van der Waals surface area contributed by atoms with Gasteiger partial charge in [-0.15, -0.1) is 0 Å². The summed E-state index contributed by atoms with van der Waals surface area (Å²) in [6, 6.07) is 14.0. The number of hydrogen-bond donors (Lipinski definition) is 4.